The molecule has 0 amide bonds. The highest BCUT2D eigenvalue weighted by Gasteiger charge is 2.34. The average Bonchev–Trinajstić information content (AvgIpc) is 2.95. The third-order valence-electron chi connectivity index (χ3n) is 6.72. The monoisotopic (exact) mass is 580 g/mol. The summed E-state index contributed by atoms with van der Waals surface area (Å²) < 4.78 is 47.4. The number of aryl methyl sites for hydroxylation is 1. The lowest BCUT2D eigenvalue weighted by Crippen LogP contribution is -2.21. The molecule has 0 saturated carbocycles. The van der Waals surface area contributed by atoms with Gasteiger partial charge in [0.15, 0.2) is 0 Å². The van der Waals surface area contributed by atoms with Crippen molar-refractivity contribution >= 4 is 33.9 Å². The van der Waals surface area contributed by atoms with Crippen molar-refractivity contribution in [3.8, 4) is 28.3 Å². The largest absolute Gasteiger partial charge is 0.481 e. The molecule has 12 heteroatoms. The van der Waals surface area contributed by atoms with E-state index in [0.29, 0.717) is 39.0 Å². The van der Waals surface area contributed by atoms with Gasteiger partial charge in [0, 0.05) is 41.4 Å². The van der Waals surface area contributed by atoms with Crippen molar-refractivity contribution in [2.75, 3.05) is 12.4 Å². The molecule has 0 atom stereocenters. The third kappa shape index (κ3) is 5.21. The number of rotatable bonds is 6. The zero-order valence-corrected chi connectivity index (χ0v) is 22.9. The molecule has 0 unspecified atom stereocenters. The molecule has 210 valence electrons. The summed E-state index contributed by atoms with van der Waals surface area (Å²) in [6.45, 7) is 2.06. The van der Waals surface area contributed by atoms with E-state index in [4.69, 9.17) is 22.1 Å². The predicted octanol–water partition coefficient (Wildman–Crippen LogP) is 6.25. The fraction of sp³-hybridized carbons (Fsp3) is 0.172. The Kier molecular flexibility index (Phi) is 7.41. The first kappa shape index (κ1) is 28.1. The van der Waals surface area contributed by atoms with Gasteiger partial charge < -0.3 is 15.8 Å². The fourth-order valence-corrected chi connectivity index (χ4v) is 4.89. The minimum atomic E-state index is -4.73. The van der Waals surface area contributed by atoms with Crippen LogP contribution in [0.5, 0.6) is 5.88 Å². The summed E-state index contributed by atoms with van der Waals surface area (Å²) in [6, 6.07) is 15.2. The van der Waals surface area contributed by atoms with Crippen molar-refractivity contribution in [3.63, 3.8) is 0 Å². The third-order valence-corrected chi connectivity index (χ3v) is 7.13. The number of methoxy groups -OCH3 is 1. The lowest BCUT2D eigenvalue weighted by molar-refractivity contribution is -0.140. The highest BCUT2D eigenvalue weighted by molar-refractivity contribution is 6.36. The number of anilines is 2. The van der Waals surface area contributed by atoms with Crippen LogP contribution < -0.4 is 21.3 Å². The Morgan fingerprint density at radius 3 is 2.46 bits per heavy atom. The minimum absolute atomic E-state index is 0.0127. The molecule has 0 aliphatic carbocycles. The topological polar surface area (TPSA) is 108 Å². The van der Waals surface area contributed by atoms with E-state index in [1.54, 1.807) is 25.1 Å². The van der Waals surface area contributed by atoms with Gasteiger partial charge in [-0.05, 0) is 36.2 Å². The van der Waals surface area contributed by atoms with Crippen molar-refractivity contribution in [2.45, 2.75) is 19.6 Å². The Balaban J connectivity index is 1.62. The van der Waals surface area contributed by atoms with Crippen LogP contribution >= 0.6 is 11.6 Å². The van der Waals surface area contributed by atoms with Crippen LogP contribution in [0.1, 0.15) is 16.8 Å². The Labute approximate surface area is 237 Å². The van der Waals surface area contributed by atoms with E-state index in [9.17, 15) is 18.0 Å². The highest BCUT2D eigenvalue weighted by atomic mass is 35.5. The lowest BCUT2D eigenvalue weighted by Gasteiger charge is -2.17. The summed E-state index contributed by atoms with van der Waals surface area (Å²) in [7, 11) is 2.93. The number of aromatic nitrogens is 4. The number of hydrogen-bond acceptors (Lipinski definition) is 7. The average molecular weight is 581 g/mol. The summed E-state index contributed by atoms with van der Waals surface area (Å²) in [5.41, 5.74) is 8.56. The maximum Gasteiger partial charge on any atom is 0.433 e. The number of nitrogens with two attached hydrogens (primary N) is 1. The Morgan fingerprint density at radius 2 is 1.76 bits per heavy atom. The SMILES string of the molecule is COc1nc(-c2cccc(-c3cccc(Nc4nc(C(F)(F)F)cc5cnn(C)c(=O)c45)c3C)c2Cl)ccc1CN. The number of pyridine rings is 2. The molecule has 0 bridgehead atoms. The minimum Gasteiger partial charge on any atom is -0.481 e. The zero-order chi connectivity index (χ0) is 29.5. The molecule has 41 heavy (non-hydrogen) atoms. The number of hydrogen-bond donors (Lipinski definition) is 2. The van der Waals surface area contributed by atoms with Gasteiger partial charge in [0.05, 0.1) is 29.4 Å². The summed E-state index contributed by atoms with van der Waals surface area (Å²) in [4.78, 5) is 21.2. The predicted molar refractivity (Wildman–Crippen MR) is 152 cm³/mol. The number of benzene rings is 2. The van der Waals surface area contributed by atoms with E-state index in [1.807, 2.05) is 30.3 Å². The molecule has 0 aliphatic rings. The maximum atomic E-state index is 13.7. The van der Waals surface area contributed by atoms with Crippen molar-refractivity contribution in [3.05, 3.63) is 93.0 Å². The van der Waals surface area contributed by atoms with Gasteiger partial charge in [-0.1, -0.05) is 48.0 Å². The van der Waals surface area contributed by atoms with Crippen LogP contribution in [-0.4, -0.2) is 26.9 Å². The normalized spacial score (nSPS) is 11.6. The number of ether oxygens (including phenoxy) is 1. The Morgan fingerprint density at radius 1 is 1.05 bits per heavy atom. The number of nitrogens with zero attached hydrogens (tertiary/aromatic N) is 4. The van der Waals surface area contributed by atoms with Gasteiger partial charge >= 0.3 is 6.18 Å². The number of halogens is 4. The second-order valence-corrected chi connectivity index (χ2v) is 9.61. The Hall–Kier alpha value is -4.48. The standard InChI is InChI=1S/C29H24ClF3N6O2/c1-15-18(19-7-4-8-20(25(19)30)22-11-10-16(13-34)27(37-22)41-3)6-5-9-21(15)36-26-24-17(14-35-39(2)28(24)40)12-23(38-26)29(31,32)33/h4-12,14H,13,34H2,1-3H3,(H,36,38). The smallest absolute Gasteiger partial charge is 0.433 e. The van der Waals surface area contributed by atoms with Gasteiger partial charge in [0.2, 0.25) is 5.88 Å². The van der Waals surface area contributed by atoms with Crippen LogP contribution in [0, 0.1) is 6.92 Å². The zero-order valence-electron chi connectivity index (χ0n) is 22.2. The van der Waals surface area contributed by atoms with Crippen molar-refractivity contribution in [2.24, 2.45) is 12.8 Å². The summed E-state index contributed by atoms with van der Waals surface area (Å²) in [5, 5.41) is 7.25. The molecule has 3 heterocycles. The fourth-order valence-electron chi connectivity index (χ4n) is 4.57. The highest BCUT2D eigenvalue weighted by Crippen LogP contribution is 2.40. The quantitative estimate of drug-likeness (QED) is 0.244. The number of nitrogens with one attached hydrogen (secondary N) is 1. The molecular weight excluding hydrogens is 557 g/mol. The molecule has 3 aromatic heterocycles. The van der Waals surface area contributed by atoms with Crippen LogP contribution in [0.2, 0.25) is 5.02 Å². The molecule has 8 nitrogen and oxygen atoms in total. The van der Waals surface area contributed by atoms with Gasteiger partial charge in [-0.3, -0.25) is 4.79 Å². The van der Waals surface area contributed by atoms with Crippen LogP contribution in [0.15, 0.2) is 65.6 Å². The van der Waals surface area contributed by atoms with E-state index < -0.39 is 17.4 Å². The van der Waals surface area contributed by atoms with Gasteiger partial charge in [-0.2, -0.15) is 18.3 Å². The molecule has 0 aliphatic heterocycles. The van der Waals surface area contributed by atoms with Crippen molar-refractivity contribution in [1.29, 1.82) is 0 Å². The number of alkyl halides is 3. The lowest BCUT2D eigenvalue weighted by atomic mass is 9.96. The number of fused-ring (bicyclic) bond motifs is 1. The molecule has 5 rings (SSSR count). The Bertz CT molecular complexity index is 1860. The summed E-state index contributed by atoms with van der Waals surface area (Å²) in [5.74, 6) is 0.171. The molecular formula is C29H24ClF3N6O2. The van der Waals surface area contributed by atoms with Gasteiger partial charge in [0.1, 0.15) is 11.5 Å². The second kappa shape index (κ2) is 10.8. The molecule has 0 fully saturated rings. The molecule has 0 spiro atoms. The van der Waals surface area contributed by atoms with Crippen LogP contribution in [0.3, 0.4) is 0 Å². The summed E-state index contributed by atoms with van der Waals surface area (Å²) in [6.07, 6.45) is -3.52. The molecule has 0 radical (unpaired) electrons. The summed E-state index contributed by atoms with van der Waals surface area (Å²) >= 11 is 6.90. The first-order valence-electron chi connectivity index (χ1n) is 12.4. The first-order valence-corrected chi connectivity index (χ1v) is 12.8. The van der Waals surface area contributed by atoms with Gasteiger partial charge in [-0.15, -0.1) is 0 Å². The van der Waals surface area contributed by atoms with Crippen LogP contribution in [0.4, 0.5) is 24.7 Å². The van der Waals surface area contributed by atoms with E-state index in [1.165, 1.54) is 20.4 Å². The first-order chi connectivity index (χ1) is 19.5. The second-order valence-electron chi connectivity index (χ2n) is 9.23. The van der Waals surface area contributed by atoms with E-state index >= 15 is 0 Å². The van der Waals surface area contributed by atoms with Crippen LogP contribution in [-0.2, 0) is 19.8 Å². The molecule has 3 N–H and O–H groups in total. The molecule has 2 aromatic carbocycles. The van der Waals surface area contributed by atoms with Gasteiger partial charge in [0.25, 0.3) is 5.56 Å². The maximum absolute atomic E-state index is 13.7. The molecule has 0 saturated heterocycles. The van der Waals surface area contributed by atoms with Gasteiger partial charge in [-0.25, -0.2) is 14.6 Å². The van der Waals surface area contributed by atoms with Crippen molar-refractivity contribution in [1.82, 2.24) is 19.7 Å². The van der Waals surface area contributed by atoms with Crippen molar-refractivity contribution < 1.29 is 17.9 Å². The molecule has 5 aromatic rings. The van der Waals surface area contributed by atoms with E-state index in [2.05, 4.69) is 20.4 Å². The van der Waals surface area contributed by atoms with Crippen LogP contribution in [0.25, 0.3) is 33.2 Å². The van der Waals surface area contributed by atoms with E-state index in [0.717, 1.165) is 21.9 Å². The van der Waals surface area contributed by atoms with E-state index in [-0.39, 0.29) is 23.1 Å².